The number of aromatic nitrogens is 3. The molecule has 0 N–H and O–H groups in total. The van der Waals surface area contributed by atoms with Crippen LogP contribution in [-0.4, -0.2) is 25.2 Å². The molecule has 0 saturated heterocycles. The van der Waals surface area contributed by atoms with Gasteiger partial charge in [-0.15, -0.1) is 0 Å². The van der Waals surface area contributed by atoms with Crippen LogP contribution in [0.15, 0.2) is 60.9 Å². The lowest BCUT2D eigenvalue weighted by Crippen LogP contribution is -2.26. The van der Waals surface area contributed by atoms with Crippen molar-refractivity contribution < 1.29 is 4.79 Å². The van der Waals surface area contributed by atoms with E-state index in [9.17, 15) is 4.79 Å². The summed E-state index contributed by atoms with van der Waals surface area (Å²) < 4.78 is 4.01. The third kappa shape index (κ3) is 3.44. The highest BCUT2D eigenvalue weighted by atomic mass is 35.5. The van der Waals surface area contributed by atoms with Gasteiger partial charge in [0, 0.05) is 23.0 Å². The highest BCUT2D eigenvalue weighted by Gasteiger charge is 2.32. The summed E-state index contributed by atoms with van der Waals surface area (Å²) in [6, 6.07) is 15.2. The van der Waals surface area contributed by atoms with E-state index in [4.69, 9.17) is 28.3 Å². The Kier molecular flexibility index (Phi) is 4.88. The molecule has 156 valence electrons. The van der Waals surface area contributed by atoms with E-state index in [2.05, 4.69) is 32.0 Å². The Morgan fingerprint density at radius 2 is 1.74 bits per heavy atom. The number of carbonyl (C=O) groups excluding carboxylic acids is 1. The van der Waals surface area contributed by atoms with Crippen LogP contribution in [0.25, 0.3) is 11.5 Å². The minimum absolute atomic E-state index is 0.151. The first-order valence-electron chi connectivity index (χ1n) is 9.98. The highest BCUT2D eigenvalue weighted by Crippen LogP contribution is 2.33. The molecule has 0 saturated carbocycles. The van der Waals surface area contributed by atoms with Crippen molar-refractivity contribution >= 4 is 29.1 Å². The maximum Gasteiger partial charge on any atom is 0.256 e. The first kappa shape index (κ1) is 19.9. The second kappa shape index (κ2) is 7.59. The molecule has 0 spiro atoms. The molecule has 31 heavy (non-hydrogen) atoms. The van der Waals surface area contributed by atoms with Gasteiger partial charge in [0.05, 0.1) is 35.1 Å². The van der Waals surface area contributed by atoms with Crippen LogP contribution < -0.4 is 0 Å². The number of amides is 1. The summed E-state index contributed by atoms with van der Waals surface area (Å²) in [4.78, 5) is 14.9. The Labute approximate surface area is 190 Å². The molecule has 1 amide bonds. The average molecular weight is 451 g/mol. The molecule has 0 unspecified atom stereocenters. The summed E-state index contributed by atoms with van der Waals surface area (Å²) in [5.41, 5.74) is 5.76. The van der Waals surface area contributed by atoms with Crippen molar-refractivity contribution in [3.8, 4) is 11.5 Å². The summed E-state index contributed by atoms with van der Waals surface area (Å²) in [6.07, 6.45) is 3.99. The van der Waals surface area contributed by atoms with Crippen LogP contribution in [0.5, 0.6) is 0 Å². The molecule has 4 aromatic rings. The second-order valence-corrected chi connectivity index (χ2v) is 8.65. The Hall–Kier alpha value is -3.02. The Morgan fingerprint density at radius 1 is 0.968 bits per heavy atom. The summed E-state index contributed by atoms with van der Waals surface area (Å²) in [5, 5.41) is 5.77. The van der Waals surface area contributed by atoms with Gasteiger partial charge in [0.25, 0.3) is 5.91 Å². The topological polar surface area (TPSA) is 43.1 Å². The number of halogens is 2. The van der Waals surface area contributed by atoms with Crippen molar-refractivity contribution in [2.24, 2.45) is 0 Å². The molecule has 5 rings (SSSR count). The predicted molar refractivity (Wildman–Crippen MR) is 122 cm³/mol. The van der Waals surface area contributed by atoms with E-state index >= 15 is 0 Å². The fraction of sp³-hybridized carbons (Fsp3) is 0.167. The van der Waals surface area contributed by atoms with Gasteiger partial charge in [0.15, 0.2) is 0 Å². The van der Waals surface area contributed by atoms with Crippen LogP contribution in [0.4, 0.5) is 0 Å². The number of rotatable bonds is 3. The van der Waals surface area contributed by atoms with Gasteiger partial charge in [-0.1, -0.05) is 29.3 Å². The lowest BCUT2D eigenvalue weighted by Gasteiger charge is -2.18. The van der Waals surface area contributed by atoms with Crippen LogP contribution in [0.2, 0.25) is 10.0 Å². The van der Waals surface area contributed by atoms with Crippen molar-refractivity contribution in [2.75, 3.05) is 0 Å². The van der Waals surface area contributed by atoms with Gasteiger partial charge in [-0.3, -0.25) is 4.79 Å². The van der Waals surface area contributed by atoms with Crippen LogP contribution >= 0.6 is 23.2 Å². The predicted octanol–water partition coefficient (Wildman–Crippen LogP) is 5.74. The third-order valence-electron chi connectivity index (χ3n) is 5.76. The van der Waals surface area contributed by atoms with Crippen LogP contribution in [0.1, 0.15) is 32.7 Å². The first-order valence-corrected chi connectivity index (χ1v) is 10.7. The number of carbonyl (C=O) groups is 1. The third-order valence-corrected chi connectivity index (χ3v) is 6.32. The smallest absolute Gasteiger partial charge is 0.256 e. The molecule has 2 aromatic heterocycles. The zero-order valence-corrected chi connectivity index (χ0v) is 18.7. The number of aryl methyl sites for hydroxylation is 2. The molecule has 1 aliphatic rings. The van der Waals surface area contributed by atoms with Crippen LogP contribution in [0, 0.1) is 13.8 Å². The molecular formula is C24H20Cl2N4O. The van der Waals surface area contributed by atoms with Crippen molar-refractivity contribution in [1.82, 2.24) is 19.2 Å². The average Bonchev–Trinajstić information content (AvgIpc) is 3.47. The Bertz CT molecular complexity index is 1310. The molecular weight excluding hydrogens is 431 g/mol. The van der Waals surface area contributed by atoms with Gasteiger partial charge in [-0.05, 0) is 67.4 Å². The maximum absolute atomic E-state index is 13.2. The SMILES string of the molecule is Cc1ccc(-n2nc3c(c2-n2cccc2)CN(C(=O)c2cc(Cl)ccc2Cl)C3)cc1C. The van der Waals surface area contributed by atoms with Crippen molar-refractivity contribution in [1.29, 1.82) is 0 Å². The quantitative estimate of drug-likeness (QED) is 0.399. The molecule has 2 aromatic carbocycles. The zero-order valence-electron chi connectivity index (χ0n) is 17.1. The monoisotopic (exact) mass is 450 g/mol. The van der Waals surface area contributed by atoms with Gasteiger partial charge in [-0.25, -0.2) is 4.68 Å². The molecule has 0 bridgehead atoms. The Morgan fingerprint density at radius 3 is 2.48 bits per heavy atom. The van der Waals surface area contributed by atoms with Crippen molar-refractivity contribution in [2.45, 2.75) is 26.9 Å². The fourth-order valence-corrected chi connectivity index (χ4v) is 4.33. The van der Waals surface area contributed by atoms with Crippen LogP contribution in [-0.2, 0) is 13.1 Å². The summed E-state index contributed by atoms with van der Waals surface area (Å²) >= 11 is 12.4. The van der Waals surface area contributed by atoms with E-state index in [0.29, 0.717) is 28.7 Å². The largest absolute Gasteiger partial charge is 0.328 e. The van der Waals surface area contributed by atoms with Gasteiger partial charge in [-0.2, -0.15) is 5.10 Å². The van der Waals surface area contributed by atoms with Crippen molar-refractivity contribution in [3.63, 3.8) is 0 Å². The summed E-state index contributed by atoms with van der Waals surface area (Å²) in [5.74, 6) is 0.789. The lowest BCUT2D eigenvalue weighted by atomic mass is 10.1. The number of hydrogen-bond donors (Lipinski definition) is 0. The van der Waals surface area contributed by atoms with E-state index in [-0.39, 0.29) is 5.91 Å². The number of hydrogen-bond acceptors (Lipinski definition) is 2. The van der Waals surface area contributed by atoms with E-state index < -0.39 is 0 Å². The highest BCUT2D eigenvalue weighted by molar-refractivity contribution is 6.35. The number of nitrogens with zero attached hydrogens (tertiary/aromatic N) is 4. The molecule has 0 radical (unpaired) electrons. The number of benzene rings is 2. The Balaban J connectivity index is 1.56. The van der Waals surface area contributed by atoms with Crippen molar-refractivity contribution in [3.05, 3.63) is 98.9 Å². The molecule has 3 heterocycles. The van der Waals surface area contributed by atoms with Gasteiger partial charge < -0.3 is 9.47 Å². The molecule has 7 heteroatoms. The van der Waals surface area contributed by atoms with Gasteiger partial charge >= 0.3 is 0 Å². The molecule has 0 fully saturated rings. The lowest BCUT2D eigenvalue weighted by molar-refractivity contribution is 0.0749. The standard InChI is InChI=1S/C24H20Cl2N4O/c1-15-5-7-18(11-16(15)2)30-23(28-9-3-4-10-28)20-13-29(14-22(20)27-30)24(31)19-12-17(25)6-8-21(19)26/h3-12H,13-14H2,1-2H3. The summed E-state index contributed by atoms with van der Waals surface area (Å²) in [7, 11) is 0. The first-order chi connectivity index (χ1) is 14.9. The van der Waals surface area contributed by atoms with E-state index in [0.717, 1.165) is 22.8 Å². The minimum Gasteiger partial charge on any atom is -0.328 e. The second-order valence-electron chi connectivity index (χ2n) is 7.80. The summed E-state index contributed by atoms with van der Waals surface area (Å²) in [6.45, 7) is 5.07. The van der Waals surface area contributed by atoms with Gasteiger partial charge in [0.1, 0.15) is 5.82 Å². The zero-order chi connectivity index (χ0) is 21.7. The molecule has 0 atom stereocenters. The van der Waals surface area contributed by atoms with E-state index in [1.54, 1.807) is 23.1 Å². The normalized spacial score (nSPS) is 13.0. The molecule has 1 aliphatic heterocycles. The number of fused-ring (bicyclic) bond motifs is 1. The van der Waals surface area contributed by atoms with Gasteiger partial charge in [0.2, 0.25) is 0 Å². The van der Waals surface area contributed by atoms with Crippen LogP contribution in [0.3, 0.4) is 0 Å². The molecule has 0 aliphatic carbocycles. The van der Waals surface area contributed by atoms with E-state index in [1.165, 1.54) is 11.1 Å². The maximum atomic E-state index is 13.2. The fourth-order valence-electron chi connectivity index (χ4n) is 3.96. The van der Waals surface area contributed by atoms with E-state index in [1.807, 2.05) is 33.8 Å². The minimum atomic E-state index is -0.151. The molecule has 5 nitrogen and oxygen atoms in total.